The highest BCUT2D eigenvalue weighted by Crippen LogP contribution is 2.40. The Morgan fingerprint density at radius 2 is 1.77 bits per heavy atom. The summed E-state index contributed by atoms with van der Waals surface area (Å²) in [7, 11) is 0. The molecule has 0 saturated carbocycles. The predicted molar refractivity (Wildman–Crippen MR) is 80.9 cm³/mol. The number of aromatic nitrogens is 1. The molecular weight excluding hydrogens is 305 g/mol. The van der Waals surface area contributed by atoms with Gasteiger partial charge in [0.25, 0.3) is 0 Å². The van der Waals surface area contributed by atoms with Crippen molar-refractivity contribution < 1.29 is 19.4 Å². The van der Waals surface area contributed by atoms with Crippen molar-refractivity contribution in [3.05, 3.63) is 59.9 Å². The second-order valence-corrected chi connectivity index (χ2v) is 5.55. The van der Waals surface area contributed by atoms with Gasteiger partial charge in [-0.25, -0.2) is 14.2 Å². The summed E-state index contributed by atoms with van der Waals surface area (Å²) < 4.78 is 13.8. The van der Waals surface area contributed by atoms with Crippen molar-refractivity contribution in [1.82, 2.24) is 4.98 Å². The quantitative estimate of drug-likeness (QED) is 0.766. The molecule has 0 fully saturated rings. The summed E-state index contributed by atoms with van der Waals surface area (Å²) in [6, 6.07) is 12.6. The molecule has 3 aromatic rings. The van der Waals surface area contributed by atoms with E-state index in [-0.39, 0.29) is 15.4 Å². The number of aromatic carboxylic acids is 1. The molecule has 4 nitrogen and oxygen atoms in total. The fourth-order valence-corrected chi connectivity index (χ4v) is 3.10. The Kier molecular flexibility index (Phi) is 3.68. The summed E-state index contributed by atoms with van der Waals surface area (Å²) in [5.74, 6) is -2.12. The number of pyridine rings is 1. The van der Waals surface area contributed by atoms with Crippen molar-refractivity contribution in [3.63, 3.8) is 0 Å². The maximum absolute atomic E-state index is 13.8. The van der Waals surface area contributed by atoms with Gasteiger partial charge >= 0.3 is 5.97 Å². The van der Waals surface area contributed by atoms with Crippen LogP contribution in [0.4, 0.5) is 4.39 Å². The van der Waals surface area contributed by atoms with E-state index in [1.54, 1.807) is 30.3 Å². The summed E-state index contributed by atoms with van der Waals surface area (Å²) in [6.45, 7) is 0. The summed E-state index contributed by atoms with van der Waals surface area (Å²) in [4.78, 5) is 15.9. The van der Waals surface area contributed by atoms with Crippen molar-refractivity contribution in [3.8, 4) is 5.88 Å². The molecule has 0 atom stereocenters. The van der Waals surface area contributed by atoms with Crippen LogP contribution in [0.25, 0.3) is 10.9 Å². The third-order valence-electron chi connectivity index (χ3n) is 3.09. The van der Waals surface area contributed by atoms with Gasteiger partial charge in [-0.2, -0.15) is 0 Å². The van der Waals surface area contributed by atoms with E-state index in [1.165, 1.54) is 18.2 Å². The molecule has 0 spiro atoms. The average molecular weight is 315 g/mol. The monoisotopic (exact) mass is 315 g/mol. The van der Waals surface area contributed by atoms with Crippen molar-refractivity contribution in [2.24, 2.45) is 0 Å². The number of carboxylic acids is 1. The SMILES string of the molecule is O=C(O)c1c(Sc2ccccc2F)c(O)nc2ccccc12. The number of fused-ring (bicyclic) bond motifs is 1. The maximum Gasteiger partial charge on any atom is 0.337 e. The van der Waals surface area contributed by atoms with Crippen LogP contribution in [0.1, 0.15) is 10.4 Å². The number of rotatable bonds is 3. The maximum atomic E-state index is 13.8. The Morgan fingerprint density at radius 3 is 2.50 bits per heavy atom. The molecule has 0 radical (unpaired) electrons. The lowest BCUT2D eigenvalue weighted by Crippen LogP contribution is -2.02. The Bertz CT molecular complexity index is 882. The minimum Gasteiger partial charge on any atom is -0.492 e. The number of carbonyl (C=O) groups is 1. The first-order valence-corrected chi connectivity index (χ1v) is 7.17. The fraction of sp³-hybridized carbons (Fsp3) is 0. The number of hydrogen-bond acceptors (Lipinski definition) is 4. The molecule has 110 valence electrons. The molecule has 0 unspecified atom stereocenters. The van der Waals surface area contributed by atoms with Crippen LogP contribution in [0, 0.1) is 5.82 Å². The summed E-state index contributed by atoms with van der Waals surface area (Å²) in [5.41, 5.74) is 0.284. The minimum atomic E-state index is -1.20. The number of benzene rings is 2. The van der Waals surface area contributed by atoms with Gasteiger partial charge in [-0.1, -0.05) is 42.1 Å². The van der Waals surface area contributed by atoms with Crippen LogP contribution < -0.4 is 0 Å². The van der Waals surface area contributed by atoms with E-state index in [2.05, 4.69) is 4.98 Å². The Hall–Kier alpha value is -2.60. The molecular formula is C16H10FNO3S. The average Bonchev–Trinajstić information content (AvgIpc) is 2.49. The smallest absolute Gasteiger partial charge is 0.337 e. The van der Waals surface area contributed by atoms with Crippen LogP contribution in [0.15, 0.2) is 58.3 Å². The molecule has 2 N–H and O–H groups in total. The number of halogens is 1. The second kappa shape index (κ2) is 5.65. The molecule has 1 heterocycles. The van der Waals surface area contributed by atoms with Crippen LogP contribution in [0.5, 0.6) is 5.88 Å². The first kappa shape index (κ1) is 14.3. The number of nitrogens with zero attached hydrogens (tertiary/aromatic N) is 1. The molecule has 2 aromatic carbocycles. The lowest BCUT2D eigenvalue weighted by Gasteiger charge is -2.11. The fourth-order valence-electron chi connectivity index (χ4n) is 2.13. The zero-order valence-corrected chi connectivity index (χ0v) is 12.0. The lowest BCUT2D eigenvalue weighted by atomic mass is 10.1. The Balaban J connectivity index is 2.24. The largest absolute Gasteiger partial charge is 0.492 e. The second-order valence-electron chi connectivity index (χ2n) is 4.49. The minimum absolute atomic E-state index is 0.0244. The van der Waals surface area contributed by atoms with Crippen LogP contribution >= 0.6 is 11.8 Å². The van der Waals surface area contributed by atoms with Gasteiger partial charge in [-0.15, -0.1) is 0 Å². The molecule has 22 heavy (non-hydrogen) atoms. The van der Waals surface area contributed by atoms with Gasteiger partial charge in [-0.3, -0.25) is 0 Å². The topological polar surface area (TPSA) is 70.4 Å². The van der Waals surface area contributed by atoms with E-state index in [0.29, 0.717) is 10.9 Å². The highest BCUT2D eigenvalue weighted by Gasteiger charge is 2.21. The van der Waals surface area contributed by atoms with E-state index in [9.17, 15) is 19.4 Å². The number of aromatic hydroxyl groups is 1. The molecule has 1 aromatic heterocycles. The first-order chi connectivity index (χ1) is 10.6. The summed E-state index contributed by atoms with van der Waals surface area (Å²) in [5, 5.41) is 20.0. The lowest BCUT2D eigenvalue weighted by molar-refractivity contribution is 0.0694. The molecule has 3 rings (SSSR count). The van der Waals surface area contributed by atoms with E-state index in [4.69, 9.17) is 0 Å². The third kappa shape index (κ3) is 2.48. The van der Waals surface area contributed by atoms with Crippen LogP contribution in [-0.2, 0) is 0 Å². The summed E-state index contributed by atoms with van der Waals surface area (Å²) >= 11 is 0.842. The summed E-state index contributed by atoms with van der Waals surface area (Å²) in [6.07, 6.45) is 0. The van der Waals surface area contributed by atoms with Gasteiger partial charge in [0.2, 0.25) is 5.88 Å². The number of carboxylic acid groups (broad SMARTS) is 1. The van der Waals surface area contributed by atoms with Crippen LogP contribution in [0.2, 0.25) is 0 Å². The highest BCUT2D eigenvalue weighted by atomic mass is 32.2. The van der Waals surface area contributed by atoms with E-state index in [0.717, 1.165) is 11.8 Å². The molecule has 6 heteroatoms. The molecule has 0 aliphatic heterocycles. The molecule has 0 saturated heterocycles. The van der Waals surface area contributed by atoms with E-state index in [1.807, 2.05) is 0 Å². The van der Waals surface area contributed by atoms with Gasteiger partial charge in [0.05, 0.1) is 16.0 Å². The zero-order valence-electron chi connectivity index (χ0n) is 11.2. The van der Waals surface area contributed by atoms with Gasteiger partial charge in [0, 0.05) is 10.3 Å². The van der Waals surface area contributed by atoms with Gasteiger partial charge < -0.3 is 10.2 Å². The Morgan fingerprint density at radius 1 is 1.09 bits per heavy atom. The van der Waals surface area contributed by atoms with Crippen molar-refractivity contribution in [2.75, 3.05) is 0 Å². The van der Waals surface area contributed by atoms with Gasteiger partial charge in [0.1, 0.15) is 5.82 Å². The highest BCUT2D eigenvalue weighted by molar-refractivity contribution is 7.99. The normalized spacial score (nSPS) is 10.8. The van der Waals surface area contributed by atoms with Gasteiger partial charge in [-0.05, 0) is 18.2 Å². The molecule has 0 aliphatic carbocycles. The van der Waals surface area contributed by atoms with E-state index < -0.39 is 17.7 Å². The van der Waals surface area contributed by atoms with E-state index >= 15 is 0 Å². The molecule has 0 aliphatic rings. The first-order valence-electron chi connectivity index (χ1n) is 6.35. The van der Waals surface area contributed by atoms with Crippen LogP contribution in [0.3, 0.4) is 0 Å². The van der Waals surface area contributed by atoms with Gasteiger partial charge in [0.15, 0.2) is 0 Å². The van der Waals surface area contributed by atoms with Crippen molar-refractivity contribution >= 4 is 28.6 Å². The van der Waals surface area contributed by atoms with Crippen molar-refractivity contribution in [2.45, 2.75) is 9.79 Å². The predicted octanol–water partition coefficient (Wildman–Crippen LogP) is 3.93. The van der Waals surface area contributed by atoms with Crippen LogP contribution in [-0.4, -0.2) is 21.2 Å². The molecule has 0 amide bonds. The molecule has 0 bridgehead atoms. The zero-order chi connectivity index (χ0) is 15.7. The van der Waals surface area contributed by atoms with Crippen molar-refractivity contribution in [1.29, 1.82) is 0 Å². The number of hydrogen-bond donors (Lipinski definition) is 2. The third-order valence-corrected chi connectivity index (χ3v) is 4.23. The number of para-hydroxylation sites is 1. The Labute approximate surface area is 129 Å². The standard InChI is InChI=1S/C16H10FNO3S/c17-10-6-2-4-8-12(10)22-14-13(16(20)21)9-5-1-3-7-11(9)18-15(14)19/h1-8H,(H,18,19)(H,20,21).